The molecule has 0 atom stereocenters. The quantitative estimate of drug-likeness (QED) is 0.642. The van der Waals surface area contributed by atoms with E-state index in [1.54, 1.807) is 0 Å². The van der Waals surface area contributed by atoms with E-state index in [0.717, 1.165) is 25.9 Å². The first-order valence-corrected chi connectivity index (χ1v) is 8.84. The average Bonchev–Trinajstić information content (AvgIpc) is 2.97. The lowest BCUT2D eigenvalue weighted by atomic mass is 10.1. The van der Waals surface area contributed by atoms with Crippen LogP contribution in [-0.2, 0) is 0 Å². The first kappa shape index (κ1) is 16.0. The van der Waals surface area contributed by atoms with Crippen LogP contribution in [0.15, 0.2) is 46.9 Å². The lowest BCUT2D eigenvalue weighted by Crippen LogP contribution is -2.29. The molecule has 0 aliphatic rings. The van der Waals surface area contributed by atoms with Crippen LogP contribution in [0.25, 0.3) is 10.1 Å². The molecule has 0 bridgehead atoms. The molecule has 1 heterocycles. The van der Waals surface area contributed by atoms with Gasteiger partial charge in [-0.25, -0.2) is 0 Å². The number of rotatable bonds is 5. The third kappa shape index (κ3) is 3.71. The first-order valence-electron chi connectivity index (χ1n) is 7.28. The molecule has 2 aromatic carbocycles. The second-order valence-corrected chi connectivity index (χ2v) is 6.89. The Kier molecular flexibility index (Phi) is 4.93. The SMILES string of the molecule is Cc1ccc(Br)cc1C(=O)NCCNc1nsc2ccccc12. The van der Waals surface area contributed by atoms with Crippen LogP contribution < -0.4 is 10.6 Å². The van der Waals surface area contributed by atoms with E-state index in [9.17, 15) is 4.79 Å². The molecule has 3 aromatic rings. The minimum absolute atomic E-state index is 0.0614. The van der Waals surface area contributed by atoms with Crippen LogP contribution in [0.1, 0.15) is 15.9 Å². The number of aromatic nitrogens is 1. The highest BCUT2D eigenvalue weighted by Gasteiger charge is 2.09. The van der Waals surface area contributed by atoms with Crippen molar-refractivity contribution in [3.05, 3.63) is 58.1 Å². The molecule has 1 amide bonds. The highest BCUT2D eigenvalue weighted by Crippen LogP contribution is 2.25. The third-order valence-electron chi connectivity index (χ3n) is 3.52. The Bertz CT molecular complexity index is 847. The van der Waals surface area contributed by atoms with E-state index in [1.807, 2.05) is 43.3 Å². The van der Waals surface area contributed by atoms with Crippen molar-refractivity contribution in [2.75, 3.05) is 18.4 Å². The molecule has 118 valence electrons. The summed E-state index contributed by atoms with van der Waals surface area (Å²) in [6.45, 7) is 3.10. The van der Waals surface area contributed by atoms with Crippen LogP contribution in [0.4, 0.5) is 5.82 Å². The number of fused-ring (bicyclic) bond motifs is 1. The molecule has 6 heteroatoms. The topological polar surface area (TPSA) is 54.0 Å². The maximum Gasteiger partial charge on any atom is 0.251 e. The number of nitrogens with zero attached hydrogens (tertiary/aromatic N) is 1. The van der Waals surface area contributed by atoms with Gasteiger partial charge in [-0.05, 0) is 48.3 Å². The van der Waals surface area contributed by atoms with Gasteiger partial charge in [0.25, 0.3) is 5.91 Å². The molecule has 0 fully saturated rings. The molecule has 4 nitrogen and oxygen atoms in total. The van der Waals surface area contributed by atoms with Gasteiger partial charge in [-0.15, -0.1) is 0 Å². The van der Waals surface area contributed by atoms with Gasteiger partial charge in [-0.2, -0.15) is 4.37 Å². The summed E-state index contributed by atoms with van der Waals surface area (Å²) >= 11 is 4.87. The molecular formula is C17H16BrN3OS. The molecule has 0 saturated carbocycles. The van der Waals surface area contributed by atoms with Crippen LogP contribution in [0, 0.1) is 6.92 Å². The van der Waals surface area contributed by atoms with E-state index in [0.29, 0.717) is 18.7 Å². The summed E-state index contributed by atoms with van der Waals surface area (Å²) in [6, 6.07) is 13.8. The molecule has 2 N–H and O–H groups in total. The van der Waals surface area contributed by atoms with E-state index < -0.39 is 0 Å². The van der Waals surface area contributed by atoms with Gasteiger partial charge in [0.1, 0.15) is 5.82 Å². The number of amides is 1. The van der Waals surface area contributed by atoms with Gasteiger partial charge in [0.2, 0.25) is 0 Å². The monoisotopic (exact) mass is 389 g/mol. The Labute approximate surface area is 147 Å². The van der Waals surface area contributed by atoms with Crippen molar-refractivity contribution in [3.8, 4) is 0 Å². The van der Waals surface area contributed by atoms with Crippen molar-refractivity contribution < 1.29 is 4.79 Å². The summed E-state index contributed by atoms with van der Waals surface area (Å²) in [5.74, 6) is 0.812. The summed E-state index contributed by atoms with van der Waals surface area (Å²) in [7, 11) is 0. The number of carbonyl (C=O) groups excluding carboxylic acids is 1. The molecule has 0 spiro atoms. The molecule has 0 aliphatic heterocycles. The van der Waals surface area contributed by atoms with Gasteiger partial charge < -0.3 is 10.6 Å². The summed E-state index contributed by atoms with van der Waals surface area (Å²) in [6.07, 6.45) is 0. The maximum absolute atomic E-state index is 12.2. The van der Waals surface area contributed by atoms with Crippen LogP contribution in [0.2, 0.25) is 0 Å². The van der Waals surface area contributed by atoms with Gasteiger partial charge in [0.05, 0.1) is 4.70 Å². The molecule has 0 aliphatic carbocycles. The number of aryl methyl sites for hydroxylation is 1. The fourth-order valence-electron chi connectivity index (χ4n) is 2.30. The van der Waals surface area contributed by atoms with Crippen molar-refractivity contribution in [2.45, 2.75) is 6.92 Å². The lowest BCUT2D eigenvalue weighted by molar-refractivity contribution is 0.0954. The fourth-order valence-corrected chi connectivity index (χ4v) is 3.42. The largest absolute Gasteiger partial charge is 0.367 e. The second kappa shape index (κ2) is 7.10. The van der Waals surface area contributed by atoms with Gasteiger partial charge in [0, 0.05) is 28.5 Å². The standard InChI is InChI=1S/C17H16BrN3OS/c1-11-6-7-12(18)10-14(11)17(22)20-9-8-19-16-13-4-2-3-5-15(13)23-21-16/h2-7,10H,8-9H2,1H3,(H,19,21)(H,20,22). The Morgan fingerprint density at radius 3 is 2.91 bits per heavy atom. The number of hydrogen-bond donors (Lipinski definition) is 2. The van der Waals surface area contributed by atoms with Crippen molar-refractivity contribution in [2.24, 2.45) is 0 Å². The summed E-state index contributed by atoms with van der Waals surface area (Å²) in [4.78, 5) is 12.2. The van der Waals surface area contributed by atoms with Crippen LogP contribution >= 0.6 is 27.5 Å². The van der Waals surface area contributed by atoms with E-state index in [2.05, 4.69) is 37.0 Å². The predicted octanol–water partition coefficient (Wildman–Crippen LogP) is 4.21. The molecule has 3 rings (SSSR count). The van der Waals surface area contributed by atoms with E-state index in [1.165, 1.54) is 11.5 Å². The van der Waals surface area contributed by atoms with E-state index >= 15 is 0 Å². The Morgan fingerprint density at radius 2 is 2.04 bits per heavy atom. The predicted molar refractivity (Wildman–Crippen MR) is 99.3 cm³/mol. The van der Waals surface area contributed by atoms with Crippen LogP contribution in [-0.4, -0.2) is 23.4 Å². The number of halogens is 1. The zero-order valence-corrected chi connectivity index (χ0v) is 15.0. The van der Waals surface area contributed by atoms with Crippen molar-refractivity contribution in [3.63, 3.8) is 0 Å². The van der Waals surface area contributed by atoms with Crippen molar-refractivity contribution in [1.29, 1.82) is 0 Å². The maximum atomic E-state index is 12.2. The van der Waals surface area contributed by atoms with Gasteiger partial charge >= 0.3 is 0 Å². The fraction of sp³-hybridized carbons (Fsp3) is 0.176. The number of hydrogen-bond acceptors (Lipinski definition) is 4. The average molecular weight is 390 g/mol. The smallest absolute Gasteiger partial charge is 0.251 e. The molecule has 1 aromatic heterocycles. The zero-order valence-electron chi connectivity index (χ0n) is 12.6. The van der Waals surface area contributed by atoms with Gasteiger partial charge in [-0.1, -0.05) is 34.1 Å². The van der Waals surface area contributed by atoms with Gasteiger partial charge in [0.15, 0.2) is 0 Å². The normalized spacial score (nSPS) is 10.7. The number of carbonyl (C=O) groups is 1. The highest BCUT2D eigenvalue weighted by molar-refractivity contribution is 9.10. The molecule has 23 heavy (non-hydrogen) atoms. The minimum atomic E-state index is -0.0614. The Morgan fingerprint density at radius 1 is 1.22 bits per heavy atom. The number of benzene rings is 2. The molecular weight excluding hydrogens is 374 g/mol. The van der Waals surface area contributed by atoms with Crippen LogP contribution in [0.5, 0.6) is 0 Å². The van der Waals surface area contributed by atoms with Crippen molar-refractivity contribution >= 4 is 49.3 Å². The van der Waals surface area contributed by atoms with Gasteiger partial charge in [-0.3, -0.25) is 4.79 Å². The summed E-state index contributed by atoms with van der Waals surface area (Å²) in [5, 5.41) is 7.32. The number of anilines is 1. The lowest BCUT2D eigenvalue weighted by Gasteiger charge is -2.09. The third-order valence-corrected chi connectivity index (χ3v) is 4.84. The number of nitrogens with one attached hydrogen (secondary N) is 2. The molecule has 0 unspecified atom stereocenters. The molecule has 0 saturated heterocycles. The summed E-state index contributed by atoms with van der Waals surface area (Å²) in [5.41, 5.74) is 1.66. The van der Waals surface area contributed by atoms with Crippen LogP contribution in [0.3, 0.4) is 0 Å². The van der Waals surface area contributed by atoms with E-state index in [4.69, 9.17) is 0 Å². The minimum Gasteiger partial charge on any atom is -0.367 e. The Hall–Kier alpha value is -1.92. The zero-order chi connectivity index (χ0) is 16.2. The van der Waals surface area contributed by atoms with E-state index in [-0.39, 0.29) is 5.91 Å². The second-order valence-electron chi connectivity index (χ2n) is 5.17. The summed E-state index contributed by atoms with van der Waals surface area (Å²) < 4.78 is 6.47. The Balaban J connectivity index is 1.55. The first-order chi connectivity index (χ1) is 11.1. The van der Waals surface area contributed by atoms with Crippen molar-refractivity contribution in [1.82, 2.24) is 9.69 Å². The highest BCUT2D eigenvalue weighted by atomic mass is 79.9. The molecule has 0 radical (unpaired) electrons.